The van der Waals surface area contributed by atoms with Gasteiger partial charge in [0.25, 0.3) is 0 Å². The first-order valence-electron chi connectivity index (χ1n) is 9.04. The van der Waals surface area contributed by atoms with Crippen LogP contribution in [0.5, 0.6) is 5.75 Å². The molecule has 0 atom stereocenters. The maximum absolute atomic E-state index is 10.6. The fourth-order valence-corrected chi connectivity index (χ4v) is 4.02. The Morgan fingerprint density at radius 3 is 2.70 bits per heavy atom. The predicted molar refractivity (Wildman–Crippen MR) is 112 cm³/mol. The van der Waals surface area contributed by atoms with Gasteiger partial charge in [0.05, 0.1) is 4.47 Å². The lowest BCUT2D eigenvalue weighted by Crippen LogP contribution is -1.89. The van der Waals surface area contributed by atoms with E-state index in [4.69, 9.17) is 4.42 Å². The van der Waals surface area contributed by atoms with Crippen molar-refractivity contribution in [3.05, 3.63) is 64.6 Å². The second kappa shape index (κ2) is 7.57. The number of aryl methyl sites for hydroxylation is 1. The number of aldehydes is 1. The third-order valence-corrected chi connectivity index (χ3v) is 5.73. The number of phenolic OH excluding ortho intramolecular Hbond substituents is 1. The number of hydrogen-bond donors (Lipinski definition) is 1. The van der Waals surface area contributed by atoms with E-state index in [0.717, 1.165) is 58.6 Å². The fraction of sp³-hybridized carbons (Fsp3) is 0.174. The summed E-state index contributed by atoms with van der Waals surface area (Å²) in [7, 11) is 0. The van der Waals surface area contributed by atoms with E-state index in [-0.39, 0.29) is 5.75 Å². The van der Waals surface area contributed by atoms with Gasteiger partial charge in [0.15, 0.2) is 0 Å². The molecule has 0 unspecified atom stereocenters. The molecule has 3 nitrogen and oxygen atoms in total. The Hall–Kier alpha value is -2.59. The Kier molecular flexibility index (Phi) is 4.99. The minimum absolute atomic E-state index is 0.231. The van der Waals surface area contributed by atoms with Crippen molar-refractivity contribution in [2.75, 3.05) is 0 Å². The quantitative estimate of drug-likeness (QED) is 0.280. The van der Waals surface area contributed by atoms with Crippen LogP contribution in [0, 0.1) is 0 Å². The van der Waals surface area contributed by atoms with Crippen molar-refractivity contribution in [1.82, 2.24) is 0 Å². The second-order valence-electron chi connectivity index (χ2n) is 6.65. The van der Waals surface area contributed by atoms with Gasteiger partial charge in [-0.15, -0.1) is 0 Å². The smallest absolute Gasteiger partial charge is 0.138 e. The van der Waals surface area contributed by atoms with Crippen LogP contribution in [-0.2, 0) is 11.2 Å². The summed E-state index contributed by atoms with van der Waals surface area (Å²) in [4.78, 5) is 10.6. The van der Waals surface area contributed by atoms with Crippen LogP contribution in [0.4, 0.5) is 0 Å². The third kappa shape index (κ3) is 3.37. The van der Waals surface area contributed by atoms with Gasteiger partial charge in [-0.05, 0) is 64.2 Å². The lowest BCUT2D eigenvalue weighted by atomic mass is 9.98. The van der Waals surface area contributed by atoms with E-state index in [2.05, 4.69) is 28.1 Å². The Balaban J connectivity index is 1.81. The molecule has 0 spiro atoms. The number of benzene rings is 3. The average molecular weight is 423 g/mol. The molecule has 136 valence electrons. The molecule has 0 bridgehead atoms. The van der Waals surface area contributed by atoms with Crippen LogP contribution in [0.15, 0.2) is 63.5 Å². The number of fused-ring (bicyclic) bond motifs is 2. The van der Waals surface area contributed by atoms with Crippen molar-refractivity contribution < 1.29 is 14.3 Å². The van der Waals surface area contributed by atoms with E-state index < -0.39 is 0 Å². The third-order valence-electron chi connectivity index (χ3n) is 4.89. The van der Waals surface area contributed by atoms with Crippen LogP contribution < -0.4 is 0 Å². The average Bonchev–Trinajstić information content (AvgIpc) is 3.06. The van der Waals surface area contributed by atoms with Crippen molar-refractivity contribution in [2.24, 2.45) is 0 Å². The molecular weight excluding hydrogens is 404 g/mol. The Morgan fingerprint density at radius 1 is 1.00 bits per heavy atom. The van der Waals surface area contributed by atoms with Gasteiger partial charge in [0.1, 0.15) is 23.4 Å². The number of halogens is 1. The molecule has 4 aromatic rings. The SMILES string of the molecule is O=CCCCCc1c(-c2ccc3c(Br)c(O)ccc3c2)oc2ccccc12. The van der Waals surface area contributed by atoms with E-state index in [0.29, 0.717) is 10.9 Å². The summed E-state index contributed by atoms with van der Waals surface area (Å²) < 4.78 is 6.91. The molecule has 1 heterocycles. The molecule has 0 saturated carbocycles. The number of furan rings is 1. The molecule has 3 aromatic carbocycles. The van der Waals surface area contributed by atoms with Gasteiger partial charge in [-0.3, -0.25) is 0 Å². The summed E-state index contributed by atoms with van der Waals surface area (Å²) >= 11 is 3.45. The minimum atomic E-state index is 0.231. The van der Waals surface area contributed by atoms with Gasteiger partial charge in [-0.25, -0.2) is 0 Å². The van der Waals surface area contributed by atoms with Crippen LogP contribution in [0.3, 0.4) is 0 Å². The number of carbonyl (C=O) groups is 1. The van der Waals surface area contributed by atoms with E-state index >= 15 is 0 Å². The van der Waals surface area contributed by atoms with Gasteiger partial charge in [0, 0.05) is 22.9 Å². The van der Waals surface area contributed by atoms with E-state index in [1.54, 1.807) is 6.07 Å². The molecule has 0 amide bonds. The monoisotopic (exact) mass is 422 g/mol. The van der Waals surface area contributed by atoms with Gasteiger partial charge >= 0.3 is 0 Å². The molecule has 1 aromatic heterocycles. The van der Waals surface area contributed by atoms with E-state index in [9.17, 15) is 9.90 Å². The second-order valence-corrected chi connectivity index (χ2v) is 7.45. The van der Waals surface area contributed by atoms with Crippen LogP contribution in [0.1, 0.15) is 24.8 Å². The van der Waals surface area contributed by atoms with E-state index in [1.807, 2.05) is 36.4 Å². The number of rotatable bonds is 6. The van der Waals surface area contributed by atoms with Gasteiger partial charge < -0.3 is 14.3 Å². The van der Waals surface area contributed by atoms with Crippen molar-refractivity contribution in [3.8, 4) is 17.1 Å². The van der Waals surface area contributed by atoms with E-state index in [1.165, 1.54) is 5.56 Å². The predicted octanol–water partition coefficient (Wildman–Crippen LogP) is 6.63. The number of hydrogen-bond acceptors (Lipinski definition) is 3. The molecule has 4 rings (SSSR count). The van der Waals surface area contributed by atoms with Crippen molar-refractivity contribution in [1.29, 1.82) is 0 Å². The number of para-hydroxylation sites is 1. The zero-order valence-corrected chi connectivity index (χ0v) is 16.3. The van der Waals surface area contributed by atoms with Crippen molar-refractivity contribution in [2.45, 2.75) is 25.7 Å². The first-order chi connectivity index (χ1) is 13.2. The van der Waals surface area contributed by atoms with Crippen LogP contribution in [0.2, 0.25) is 0 Å². The van der Waals surface area contributed by atoms with Gasteiger partial charge in [0.2, 0.25) is 0 Å². The molecule has 0 fully saturated rings. The Labute approximate surface area is 165 Å². The molecule has 4 heteroatoms. The highest BCUT2D eigenvalue weighted by Gasteiger charge is 2.16. The summed E-state index contributed by atoms with van der Waals surface area (Å²) in [6.45, 7) is 0. The fourth-order valence-electron chi connectivity index (χ4n) is 3.53. The molecule has 0 aliphatic rings. The first kappa shape index (κ1) is 17.8. The summed E-state index contributed by atoms with van der Waals surface area (Å²) in [6, 6.07) is 17.8. The lowest BCUT2D eigenvalue weighted by molar-refractivity contribution is -0.107. The topological polar surface area (TPSA) is 50.4 Å². The number of unbranched alkanes of at least 4 members (excludes halogenated alkanes) is 2. The highest BCUT2D eigenvalue weighted by atomic mass is 79.9. The summed E-state index contributed by atoms with van der Waals surface area (Å²) in [5.41, 5.74) is 3.08. The Bertz CT molecular complexity index is 1130. The zero-order chi connectivity index (χ0) is 18.8. The van der Waals surface area contributed by atoms with Crippen LogP contribution >= 0.6 is 15.9 Å². The minimum Gasteiger partial charge on any atom is -0.507 e. The highest BCUT2D eigenvalue weighted by molar-refractivity contribution is 9.10. The number of phenols is 1. The molecule has 0 radical (unpaired) electrons. The molecule has 1 N–H and O–H groups in total. The van der Waals surface area contributed by atoms with Crippen molar-refractivity contribution in [3.63, 3.8) is 0 Å². The molecule has 0 saturated heterocycles. The highest BCUT2D eigenvalue weighted by Crippen LogP contribution is 2.38. The number of carbonyl (C=O) groups excluding carboxylic acids is 1. The normalized spacial score (nSPS) is 11.3. The first-order valence-corrected chi connectivity index (χ1v) is 9.84. The maximum atomic E-state index is 10.6. The standard InChI is InChI=1S/C23H19BrO3/c24-22-17-11-9-16(14-15(17)10-12-20(22)26)23-19(7-2-1-5-13-25)18-6-3-4-8-21(18)27-23/h3-4,6,8-14,26H,1-2,5,7H2. The number of aromatic hydroxyl groups is 1. The molecule has 0 aliphatic heterocycles. The van der Waals surface area contributed by atoms with Crippen LogP contribution in [0.25, 0.3) is 33.1 Å². The molecule has 27 heavy (non-hydrogen) atoms. The van der Waals surface area contributed by atoms with Gasteiger partial charge in [-0.1, -0.05) is 36.4 Å². The Morgan fingerprint density at radius 2 is 1.85 bits per heavy atom. The largest absolute Gasteiger partial charge is 0.507 e. The summed E-state index contributed by atoms with van der Waals surface area (Å²) in [5, 5.41) is 13.0. The summed E-state index contributed by atoms with van der Waals surface area (Å²) in [5.74, 6) is 1.11. The molecular formula is C23H19BrO3. The van der Waals surface area contributed by atoms with Crippen LogP contribution in [-0.4, -0.2) is 11.4 Å². The molecule has 0 aliphatic carbocycles. The maximum Gasteiger partial charge on any atom is 0.138 e. The lowest BCUT2D eigenvalue weighted by Gasteiger charge is -2.07. The summed E-state index contributed by atoms with van der Waals surface area (Å²) in [6.07, 6.45) is 4.27. The van der Waals surface area contributed by atoms with Crippen molar-refractivity contribution >= 4 is 44.0 Å². The zero-order valence-electron chi connectivity index (χ0n) is 14.7. The van der Waals surface area contributed by atoms with Gasteiger partial charge in [-0.2, -0.15) is 0 Å².